The summed E-state index contributed by atoms with van der Waals surface area (Å²) in [5.74, 6) is -0.823. The van der Waals surface area contributed by atoms with E-state index in [2.05, 4.69) is 10.4 Å². The number of aromatic nitrogens is 2. The van der Waals surface area contributed by atoms with Gasteiger partial charge in [0, 0.05) is 43.2 Å². The number of hydrogen-bond donors (Lipinski definition) is 1. The van der Waals surface area contributed by atoms with Crippen molar-refractivity contribution in [2.75, 3.05) is 11.9 Å². The maximum absolute atomic E-state index is 13.5. The molecule has 3 aromatic rings. The molecule has 1 aliphatic rings. The van der Waals surface area contributed by atoms with Crippen LogP contribution in [0.15, 0.2) is 48.1 Å². The van der Waals surface area contributed by atoms with Gasteiger partial charge >= 0.3 is 6.18 Å². The van der Waals surface area contributed by atoms with Gasteiger partial charge in [-0.05, 0) is 47.7 Å². The van der Waals surface area contributed by atoms with E-state index in [4.69, 9.17) is 0 Å². The standard InChI is InChI=1S/C21H19F3N4O2S/c22-21(23,24)16-12-15(28-9-1-8-25-28)2-3-17(16)26-19(29)4-5-20(30)27-10-6-18-14(13-27)7-11-31-18/h1-3,7-9,11-12H,4-6,10,13H2,(H,26,29). The number of nitrogens with one attached hydrogen (secondary N) is 1. The van der Waals surface area contributed by atoms with Crippen LogP contribution < -0.4 is 5.32 Å². The van der Waals surface area contributed by atoms with Gasteiger partial charge in [0.15, 0.2) is 0 Å². The molecule has 0 bridgehead atoms. The molecule has 1 aliphatic heterocycles. The van der Waals surface area contributed by atoms with Crippen LogP contribution in [0.2, 0.25) is 0 Å². The number of hydrogen-bond acceptors (Lipinski definition) is 4. The Morgan fingerprint density at radius 2 is 2.03 bits per heavy atom. The quantitative estimate of drug-likeness (QED) is 0.634. The van der Waals surface area contributed by atoms with Crippen LogP contribution in [0.5, 0.6) is 0 Å². The molecule has 4 rings (SSSR count). The molecule has 6 nitrogen and oxygen atoms in total. The first-order valence-electron chi connectivity index (χ1n) is 9.65. The number of carbonyl (C=O) groups is 2. The van der Waals surface area contributed by atoms with Gasteiger partial charge in [-0.25, -0.2) is 4.68 Å². The van der Waals surface area contributed by atoms with Crippen LogP contribution >= 0.6 is 11.3 Å². The fraction of sp³-hybridized carbons (Fsp3) is 0.286. The van der Waals surface area contributed by atoms with E-state index in [0.29, 0.717) is 13.1 Å². The molecule has 2 amide bonds. The van der Waals surface area contributed by atoms with Crippen molar-refractivity contribution in [1.82, 2.24) is 14.7 Å². The zero-order chi connectivity index (χ0) is 22.0. The summed E-state index contributed by atoms with van der Waals surface area (Å²) < 4.78 is 41.9. The second-order valence-corrected chi connectivity index (χ2v) is 8.16. The zero-order valence-corrected chi connectivity index (χ0v) is 17.2. The number of carbonyl (C=O) groups excluding carboxylic acids is 2. The molecule has 1 N–H and O–H groups in total. The Bertz CT molecular complexity index is 1090. The van der Waals surface area contributed by atoms with E-state index in [1.54, 1.807) is 22.3 Å². The van der Waals surface area contributed by atoms with Gasteiger partial charge in [-0.15, -0.1) is 11.3 Å². The normalized spacial score (nSPS) is 13.7. The number of thiophene rings is 1. The number of halogens is 3. The van der Waals surface area contributed by atoms with E-state index in [1.807, 2.05) is 11.4 Å². The van der Waals surface area contributed by atoms with Crippen LogP contribution in [-0.4, -0.2) is 33.0 Å². The van der Waals surface area contributed by atoms with Gasteiger partial charge < -0.3 is 10.2 Å². The van der Waals surface area contributed by atoms with Crippen LogP contribution in [0.25, 0.3) is 5.69 Å². The van der Waals surface area contributed by atoms with Gasteiger partial charge in [-0.1, -0.05) is 0 Å². The van der Waals surface area contributed by atoms with E-state index in [-0.39, 0.29) is 30.1 Å². The van der Waals surface area contributed by atoms with E-state index in [0.717, 1.165) is 18.1 Å². The lowest BCUT2D eigenvalue weighted by Gasteiger charge is -2.27. The maximum atomic E-state index is 13.5. The first-order chi connectivity index (χ1) is 14.8. The molecule has 3 heterocycles. The molecule has 0 unspecified atom stereocenters. The molecule has 0 atom stereocenters. The predicted octanol–water partition coefficient (Wildman–Crippen LogP) is 4.26. The number of amides is 2. The minimum Gasteiger partial charge on any atom is -0.338 e. The number of benzene rings is 1. The molecule has 1 aromatic carbocycles. The summed E-state index contributed by atoms with van der Waals surface area (Å²) >= 11 is 1.66. The highest BCUT2D eigenvalue weighted by molar-refractivity contribution is 7.10. The fourth-order valence-corrected chi connectivity index (χ4v) is 4.38. The summed E-state index contributed by atoms with van der Waals surface area (Å²) in [5, 5.41) is 8.21. The summed E-state index contributed by atoms with van der Waals surface area (Å²) in [6.07, 6.45) is -1.14. The third-order valence-corrected chi connectivity index (χ3v) is 6.10. The highest BCUT2D eigenvalue weighted by Crippen LogP contribution is 2.36. The van der Waals surface area contributed by atoms with Crippen molar-refractivity contribution in [2.24, 2.45) is 0 Å². The SMILES string of the molecule is O=C(CCC(=O)N1CCc2sccc2C1)Nc1ccc(-n2cccn2)cc1C(F)(F)F. The predicted molar refractivity (Wildman–Crippen MR) is 110 cm³/mol. The monoisotopic (exact) mass is 448 g/mol. The van der Waals surface area contributed by atoms with Crippen LogP contribution in [0.4, 0.5) is 18.9 Å². The lowest BCUT2D eigenvalue weighted by Crippen LogP contribution is -2.35. The number of nitrogens with zero attached hydrogens (tertiary/aromatic N) is 3. The second kappa shape index (κ2) is 8.54. The molecular weight excluding hydrogens is 429 g/mol. The van der Waals surface area contributed by atoms with Crippen molar-refractivity contribution in [3.63, 3.8) is 0 Å². The Labute approximate surface area is 180 Å². The summed E-state index contributed by atoms with van der Waals surface area (Å²) in [6.45, 7) is 1.09. The van der Waals surface area contributed by atoms with Crippen molar-refractivity contribution in [3.05, 3.63) is 64.1 Å². The largest absolute Gasteiger partial charge is 0.418 e. The summed E-state index contributed by atoms with van der Waals surface area (Å²) in [7, 11) is 0. The Kier molecular flexibility index (Phi) is 5.81. The molecule has 10 heteroatoms. The average molecular weight is 448 g/mol. The number of fused-ring (bicyclic) bond motifs is 1. The van der Waals surface area contributed by atoms with Crippen LogP contribution in [0.1, 0.15) is 28.8 Å². The summed E-state index contributed by atoms with van der Waals surface area (Å²) in [6, 6.07) is 7.15. The number of rotatable bonds is 5. The van der Waals surface area contributed by atoms with E-state index in [1.165, 1.54) is 34.1 Å². The van der Waals surface area contributed by atoms with Crippen LogP contribution in [-0.2, 0) is 28.7 Å². The van der Waals surface area contributed by atoms with Crippen LogP contribution in [0.3, 0.4) is 0 Å². The lowest BCUT2D eigenvalue weighted by atomic mass is 10.1. The Hall–Kier alpha value is -3.14. The van der Waals surface area contributed by atoms with Crippen molar-refractivity contribution >= 4 is 28.8 Å². The Morgan fingerprint density at radius 1 is 1.19 bits per heavy atom. The van der Waals surface area contributed by atoms with Gasteiger partial charge in [-0.2, -0.15) is 18.3 Å². The molecule has 0 saturated heterocycles. The maximum Gasteiger partial charge on any atom is 0.418 e. The third kappa shape index (κ3) is 4.79. The molecule has 31 heavy (non-hydrogen) atoms. The fourth-order valence-electron chi connectivity index (χ4n) is 3.49. The highest BCUT2D eigenvalue weighted by Gasteiger charge is 2.34. The molecular formula is C21H19F3N4O2S. The van der Waals surface area contributed by atoms with Crippen molar-refractivity contribution in [1.29, 1.82) is 0 Å². The van der Waals surface area contributed by atoms with E-state index < -0.39 is 17.6 Å². The average Bonchev–Trinajstić information content (AvgIpc) is 3.43. The third-order valence-electron chi connectivity index (χ3n) is 5.08. The second-order valence-electron chi connectivity index (χ2n) is 7.16. The summed E-state index contributed by atoms with van der Waals surface area (Å²) in [4.78, 5) is 27.7. The van der Waals surface area contributed by atoms with Gasteiger partial charge in [0.05, 0.1) is 16.9 Å². The van der Waals surface area contributed by atoms with Gasteiger partial charge in [0.1, 0.15) is 0 Å². The molecule has 0 spiro atoms. The lowest BCUT2D eigenvalue weighted by molar-refractivity contribution is -0.137. The van der Waals surface area contributed by atoms with E-state index >= 15 is 0 Å². The van der Waals surface area contributed by atoms with E-state index in [9.17, 15) is 22.8 Å². The smallest absolute Gasteiger partial charge is 0.338 e. The summed E-state index contributed by atoms with van der Waals surface area (Å²) in [5.41, 5.74) is 0.0208. The van der Waals surface area contributed by atoms with Crippen LogP contribution in [0, 0.1) is 0 Å². The van der Waals surface area contributed by atoms with Crippen molar-refractivity contribution < 1.29 is 22.8 Å². The van der Waals surface area contributed by atoms with Gasteiger partial charge in [0.2, 0.25) is 11.8 Å². The number of anilines is 1. The zero-order valence-electron chi connectivity index (χ0n) is 16.4. The van der Waals surface area contributed by atoms with Crippen molar-refractivity contribution in [3.8, 4) is 5.69 Å². The van der Waals surface area contributed by atoms with Gasteiger partial charge in [0.25, 0.3) is 0 Å². The molecule has 0 radical (unpaired) electrons. The highest BCUT2D eigenvalue weighted by atomic mass is 32.1. The first kappa shape index (κ1) is 21.1. The van der Waals surface area contributed by atoms with Gasteiger partial charge in [-0.3, -0.25) is 9.59 Å². The molecule has 162 valence electrons. The molecule has 0 saturated carbocycles. The topological polar surface area (TPSA) is 67.2 Å². The molecule has 0 aliphatic carbocycles. The molecule has 0 fully saturated rings. The minimum absolute atomic E-state index is 0.0575. The molecule has 2 aromatic heterocycles. The Morgan fingerprint density at radius 3 is 2.77 bits per heavy atom. The van der Waals surface area contributed by atoms with Crippen molar-refractivity contribution in [2.45, 2.75) is 32.0 Å². The first-order valence-corrected chi connectivity index (χ1v) is 10.5. The Balaban J connectivity index is 1.39. The number of alkyl halides is 3. The minimum atomic E-state index is -4.66.